The highest BCUT2D eigenvalue weighted by atomic mass is 15.0. The van der Waals surface area contributed by atoms with E-state index in [-0.39, 0.29) is 0 Å². The number of hydrogen-bond acceptors (Lipinski definition) is 3. The molecule has 0 aliphatic carbocycles. The summed E-state index contributed by atoms with van der Waals surface area (Å²) in [4.78, 5) is 8.61. The van der Waals surface area contributed by atoms with Gasteiger partial charge in [0.1, 0.15) is 5.82 Å². The van der Waals surface area contributed by atoms with Gasteiger partial charge in [0, 0.05) is 19.2 Å². The molecule has 0 saturated heterocycles. The fraction of sp³-hybridized carbons (Fsp3) is 0.500. The van der Waals surface area contributed by atoms with Gasteiger partial charge < -0.3 is 5.32 Å². The lowest BCUT2D eigenvalue weighted by molar-refractivity contribution is 0.785. The van der Waals surface area contributed by atoms with E-state index < -0.39 is 0 Å². The Hall–Kier alpha value is -1.56. The highest BCUT2D eigenvalue weighted by Gasteiger charge is 1.99. The fourth-order valence-corrected chi connectivity index (χ4v) is 1.26. The summed E-state index contributed by atoms with van der Waals surface area (Å²) in [5.74, 6) is 3.52. The zero-order valence-corrected chi connectivity index (χ0v) is 9.38. The SMILES string of the molecule is C#CCCCCNc1nc(C)cnc1C. The van der Waals surface area contributed by atoms with E-state index in [0.29, 0.717) is 0 Å². The average Bonchev–Trinajstić information content (AvgIpc) is 2.23. The third kappa shape index (κ3) is 3.99. The van der Waals surface area contributed by atoms with Crippen LogP contribution in [0.3, 0.4) is 0 Å². The van der Waals surface area contributed by atoms with Crippen molar-refractivity contribution in [2.45, 2.75) is 33.1 Å². The molecule has 80 valence electrons. The first-order valence-corrected chi connectivity index (χ1v) is 5.21. The second-order valence-electron chi connectivity index (χ2n) is 3.53. The molecule has 0 amide bonds. The lowest BCUT2D eigenvalue weighted by Crippen LogP contribution is -2.06. The van der Waals surface area contributed by atoms with Crippen molar-refractivity contribution in [3.05, 3.63) is 17.6 Å². The van der Waals surface area contributed by atoms with Gasteiger partial charge in [-0.05, 0) is 26.7 Å². The summed E-state index contributed by atoms with van der Waals surface area (Å²) in [6.07, 6.45) is 9.92. The first kappa shape index (κ1) is 11.5. The Balaban J connectivity index is 2.37. The molecule has 15 heavy (non-hydrogen) atoms. The van der Waals surface area contributed by atoms with Gasteiger partial charge in [0.15, 0.2) is 0 Å². The molecule has 0 saturated carbocycles. The van der Waals surface area contributed by atoms with Crippen molar-refractivity contribution >= 4 is 5.82 Å². The Bertz CT molecular complexity index is 352. The van der Waals surface area contributed by atoms with Crippen molar-refractivity contribution in [1.82, 2.24) is 9.97 Å². The number of aromatic nitrogens is 2. The second kappa shape index (κ2) is 6.02. The average molecular weight is 203 g/mol. The first-order valence-electron chi connectivity index (χ1n) is 5.21. The predicted octanol–water partition coefficient (Wildman–Crippen LogP) is 2.31. The van der Waals surface area contributed by atoms with E-state index in [0.717, 1.165) is 43.0 Å². The Morgan fingerprint density at radius 1 is 1.40 bits per heavy atom. The number of aryl methyl sites for hydroxylation is 2. The van der Waals surface area contributed by atoms with E-state index in [1.54, 1.807) is 6.20 Å². The van der Waals surface area contributed by atoms with Crippen LogP contribution in [0.25, 0.3) is 0 Å². The minimum atomic E-state index is 0.847. The number of nitrogens with zero attached hydrogens (tertiary/aromatic N) is 2. The fourth-order valence-electron chi connectivity index (χ4n) is 1.26. The van der Waals surface area contributed by atoms with Gasteiger partial charge in [0.25, 0.3) is 0 Å². The molecule has 1 N–H and O–H groups in total. The molecule has 1 heterocycles. The smallest absolute Gasteiger partial charge is 0.147 e. The highest BCUT2D eigenvalue weighted by molar-refractivity contribution is 5.39. The Kier molecular flexibility index (Phi) is 4.62. The quantitative estimate of drug-likeness (QED) is 0.589. The third-order valence-corrected chi connectivity index (χ3v) is 2.12. The molecule has 0 radical (unpaired) electrons. The van der Waals surface area contributed by atoms with Crippen LogP contribution in [0.5, 0.6) is 0 Å². The summed E-state index contributed by atoms with van der Waals surface area (Å²) in [5, 5.41) is 3.27. The summed E-state index contributed by atoms with van der Waals surface area (Å²) in [7, 11) is 0. The summed E-state index contributed by atoms with van der Waals surface area (Å²) < 4.78 is 0. The zero-order chi connectivity index (χ0) is 11.1. The van der Waals surface area contributed by atoms with Crippen molar-refractivity contribution in [1.29, 1.82) is 0 Å². The van der Waals surface area contributed by atoms with Gasteiger partial charge in [-0.2, -0.15) is 0 Å². The van der Waals surface area contributed by atoms with Crippen LogP contribution < -0.4 is 5.32 Å². The monoisotopic (exact) mass is 203 g/mol. The summed E-state index contributed by atoms with van der Waals surface area (Å²) >= 11 is 0. The normalized spacial score (nSPS) is 9.67. The Labute approximate surface area is 91.3 Å². The molecule has 0 aliphatic heterocycles. The number of rotatable bonds is 5. The van der Waals surface area contributed by atoms with Crippen molar-refractivity contribution in [2.75, 3.05) is 11.9 Å². The summed E-state index contributed by atoms with van der Waals surface area (Å²) in [6, 6.07) is 0. The highest BCUT2D eigenvalue weighted by Crippen LogP contribution is 2.08. The number of hydrogen-bond donors (Lipinski definition) is 1. The standard InChI is InChI=1S/C12H17N3/c1-4-5-6-7-8-13-12-11(3)14-9-10(2)15-12/h1,9H,5-8H2,2-3H3,(H,13,15). The molecule has 0 spiro atoms. The van der Waals surface area contributed by atoms with E-state index in [1.165, 1.54) is 0 Å². The molecule has 1 aromatic rings. The maximum Gasteiger partial charge on any atom is 0.147 e. The van der Waals surface area contributed by atoms with Gasteiger partial charge >= 0.3 is 0 Å². The minimum Gasteiger partial charge on any atom is -0.369 e. The van der Waals surface area contributed by atoms with E-state index in [2.05, 4.69) is 21.2 Å². The molecular formula is C12H17N3. The summed E-state index contributed by atoms with van der Waals surface area (Å²) in [5.41, 5.74) is 1.88. The molecule has 0 aliphatic rings. The number of nitrogens with one attached hydrogen (secondary N) is 1. The Morgan fingerprint density at radius 2 is 2.20 bits per heavy atom. The van der Waals surface area contributed by atoms with Crippen LogP contribution in [0, 0.1) is 26.2 Å². The van der Waals surface area contributed by atoms with E-state index >= 15 is 0 Å². The van der Waals surface area contributed by atoms with E-state index in [9.17, 15) is 0 Å². The molecule has 0 aromatic carbocycles. The van der Waals surface area contributed by atoms with Crippen molar-refractivity contribution in [3.63, 3.8) is 0 Å². The summed E-state index contributed by atoms with van der Waals surface area (Å²) in [6.45, 7) is 4.80. The van der Waals surface area contributed by atoms with Crippen LogP contribution in [0.15, 0.2) is 6.20 Å². The molecule has 3 heteroatoms. The van der Waals surface area contributed by atoms with Crippen LogP contribution >= 0.6 is 0 Å². The van der Waals surface area contributed by atoms with Crippen LogP contribution in [0.1, 0.15) is 30.7 Å². The number of anilines is 1. The van der Waals surface area contributed by atoms with Gasteiger partial charge in [-0.15, -0.1) is 12.3 Å². The van der Waals surface area contributed by atoms with E-state index in [4.69, 9.17) is 6.42 Å². The zero-order valence-electron chi connectivity index (χ0n) is 9.38. The predicted molar refractivity (Wildman–Crippen MR) is 62.7 cm³/mol. The maximum atomic E-state index is 5.17. The molecule has 1 aromatic heterocycles. The molecule has 0 fully saturated rings. The van der Waals surface area contributed by atoms with Crippen LogP contribution in [-0.2, 0) is 0 Å². The van der Waals surface area contributed by atoms with Crippen molar-refractivity contribution < 1.29 is 0 Å². The lowest BCUT2D eigenvalue weighted by atomic mass is 10.2. The third-order valence-electron chi connectivity index (χ3n) is 2.12. The van der Waals surface area contributed by atoms with Crippen LogP contribution in [0.2, 0.25) is 0 Å². The molecule has 0 bridgehead atoms. The van der Waals surface area contributed by atoms with Crippen LogP contribution in [-0.4, -0.2) is 16.5 Å². The molecule has 3 nitrogen and oxygen atoms in total. The van der Waals surface area contributed by atoms with Gasteiger partial charge in [-0.25, -0.2) is 4.98 Å². The lowest BCUT2D eigenvalue weighted by Gasteiger charge is -2.07. The molecular weight excluding hydrogens is 186 g/mol. The molecule has 0 unspecified atom stereocenters. The van der Waals surface area contributed by atoms with E-state index in [1.807, 2.05) is 13.8 Å². The van der Waals surface area contributed by atoms with Crippen LogP contribution in [0.4, 0.5) is 5.82 Å². The molecule has 1 rings (SSSR count). The Morgan fingerprint density at radius 3 is 2.93 bits per heavy atom. The van der Waals surface area contributed by atoms with Gasteiger partial charge in [0.05, 0.1) is 11.4 Å². The molecule has 0 atom stereocenters. The topological polar surface area (TPSA) is 37.8 Å². The van der Waals surface area contributed by atoms with Gasteiger partial charge in [0.2, 0.25) is 0 Å². The van der Waals surface area contributed by atoms with Crippen molar-refractivity contribution in [2.24, 2.45) is 0 Å². The maximum absolute atomic E-state index is 5.17. The van der Waals surface area contributed by atoms with Gasteiger partial charge in [-0.3, -0.25) is 4.98 Å². The van der Waals surface area contributed by atoms with Crippen molar-refractivity contribution in [3.8, 4) is 12.3 Å². The largest absolute Gasteiger partial charge is 0.369 e. The number of unbranched alkanes of at least 4 members (excludes halogenated alkanes) is 2. The second-order valence-corrected chi connectivity index (χ2v) is 3.53. The minimum absolute atomic E-state index is 0.847. The number of terminal acetylenes is 1. The van der Waals surface area contributed by atoms with Gasteiger partial charge in [-0.1, -0.05) is 0 Å². The first-order chi connectivity index (χ1) is 7.24.